The summed E-state index contributed by atoms with van der Waals surface area (Å²) in [6.45, 7) is 2.86. The highest BCUT2D eigenvalue weighted by Crippen LogP contribution is 2.37. The van der Waals surface area contributed by atoms with Gasteiger partial charge in [0.25, 0.3) is 0 Å². The van der Waals surface area contributed by atoms with E-state index < -0.39 is 0 Å². The third-order valence-corrected chi connectivity index (χ3v) is 6.49. The molecule has 1 saturated carbocycles. The second-order valence-corrected chi connectivity index (χ2v) is 8.60. The van der Waals surface area contributed by atoms with Crippen molar-refractivity contribution in [2.24, 2.45) is 11.8 Å². The number of hydrogen-bond acceptors (Lipinski definition) is 3. The minimum Gasteiger partial charge on any atom is -0.350 e. The van der Waals surface area contributed by atoms with Crippen molar-refractivity contribution in [3.63, 3.8) is 0 Å². The molecule has 3 rings (SSSR count). The monoisotopic (exact) mass is 400 g/mol. The Kier molecular flexibility index (Phi) is 7.06. The first-order valence-corrected chi connectivity index (χ1v) is 10.9. The summed E-state index contributed by atoms with van der Waals surface area (Å²) < 4.78 is 0. The molecule has 1 aromatic rings. The van der Waals surface area contributed by atoms with Gasteiger partial charge in [-0.1, -0.05) is 44.0 Å². The number of carbonyl (C=O) groups excluding carboxylic acids is 3. The number of nitrogens with zero attached hydrogens (tertiary/aromatic N) is 1. The smallest absolute Gasteiger partial charge is 0.233 e. The number of amides is 3. The summed E-state index contributed by atoms with van der Waals surface area (Å²) in [5, 5.41) is 3.00. The number of hydrogen-bond donors (Lipinski definition) is 2. The number of likely N-dealkylation sites (tertiary alicyclic amines) is 1. The Morgan fingerprint density at radius 1 is 1.10 bits per heavy atom. The third-order valence-electron chi connectivity index (χ3n) is 6.49. The minimum absolute atomic E-state index is 0.0703. The van der Waals surface area contributed by atoms with Gasteiger partial charge in [-0.25, -0.2) is 0 Å². The van der Waals surface area contributed by atoms with Gasteiger partial charge in [0.2, 0.25) is 17.7 Å². The van der Waals surface area contributed by atoms with Crippen molar-refractivity contribution >= 4 is 17.7 Å². The van der Waals surface area contributed by atoms with Gasteiger partial charge in [-0.15, -0.1) is 0 Å². The molecule has 1 heterocycles. The lowest BCUT2D eigenvalue weighted by molar-refractivity contribution is -0.890. The molecule has 6 heteroatoms. The van der Waals surface area contributed by atoms with Crippen molar-refractivity contribution in [1.29, 1.82) is 0 Å². The van der Waals surface area contributed by atoms with Crippen LogP contribution in [0.2, 0.25) is 0 Å². The van der Waals surface area contributed by atoms with Crippen LogP contribution in [0.1, 0.15) is 56.2 Å². The van der Waals surface area contributed by atoms with Crippen molar-refractivity contribution in [1.82, 2.24) is 10.2 Å². The molecule has 2 N–H and O–H groups in total. The second kappa shape index (κ2) is 9.53. The van der Waals surface area contributed by atoms with Crippen molar-refractivity contribution in [2.45, 2.75) is 51.5 Å². The topological polar surface area (TPSA) is 70.9 Å². The van der Waals surface area contributed by atoms with Gasteiger partial charge in [0.15, 0.2) is 0 Å². The molecular formula is C23H34N3O3+. The van der Waals surface area contributed by atoms with Gasteiger partial charge >= 0.3 is 0 Å². The quantitative estimate of drug-likeness (QED) is 0.643. The van der Waals surface area contributed by atoms with E-state index in [1.807, 2.05) is 0 Å². The highest BCUT2D eigenvalue weighted by molar-refractivity contribution is 6.05. The Balaban J connectivity index is 1.51. The van der Waals surface area contributed by atoms with Crippen molar-refractivity contribution in [3.8, 4) is 0 Å². The lowest BCUT2D eigenvalue weighted by Gasteiger charge is -2.23. The van der Waals surface area contributed by atoms with Gasteiger partial charge in [-0.3, -0.25) is 19.3 Å². The van der Waals surface area contributed by atoms with Crippen LogP contribution in [-0.4, -0.2) is 49.8 Å². The maximum Gasteiger partial charge on any atom is 0.233 e. The summed E-state index contributed by atoms with van der Waals surface area (Å²) in [5.74, 6) is -0.547. The van der Waals surface area contributed by atoms with Gasteiger partial charge in [0.05, 0.1) is 32.5 Å². The molecule has 29 heavy (non-hydrogen) atoms. The summed E-state index contributed by atoms with van der Waals surface area (Å²) in [4.78, 5) is 40.0. The number of benzene rings is 1. The molecule has 0 radical (unpaired) electrons. The van der Waals surface area contributed by atoms with Crippen molar-refractivity contribution in [2.75, 3.05) is 27.2 Å². The predicted octanol–water partition coefficient (Wildman–Crippen LogP) is 1.12. The van der Waals surface area contributed by atoms with Gasteiger partial charge in [0.1, 0.15) is 6.04 Å². The number of likely N-dealkylation sites (N-methyl/N-ethyl adjacent to an activating group) is 1. The van der Waals surface area contributed by atoms with Crippen LogP contribution >= 0.6 is 0 Å². The largest absolute Gasteiger partial charge is 0.350 e. The lowest BCUT2D eigenvalue weighted by atomic mass is 9.81. The van der Waals surface area contributed by atoms with Crippen LogP contribution in [0, 0.1) is 11.8 Å². The highest BCUT2D eigenvalue weighted by atomic mass is 16.2. The molecule has 1 aliphatic carbocycles. The summed E-state index contributed by atoms with van der Waals surface area (Å²) in [6.07, 6.45) is 4.82. The number of aryl methyl sites for hydroxylation is 1. The Morgan fingerprint density at radius 2 is 1.69 bits per heavy atom. The van der Waals surface area contributed by atoms with E-state index in [2.05, 4.69) is 50.6 Å². The van der Waals surface area contributed by atoms with Gasteiger partial charge in [0, 0.05) is 18.5 Å². The lowest BCUT2D eigenvalue weighted by Crippen LogP contribution is -3.07. The number of quaternary nitrogens is 1. The van der Waals surface area contributed by atoms with Crippen molar-refractivity contribution < 1.29 is 19.3 Å². The Morgan fingerprint density at radius 3 is 2.21 bits per heavy atom. The zero-order chi connectivity index (χ0) is 21.0. The first-order valence-electron chi connectivity index (χ1n) is 10.9. The molecule has 2 aliphatic rings. The van der Waals surface area contributed by atoms with Crippen LogP contribution in [0.3, 0.4) is 0 Å². The summed E-state index contributed by atoms with van der Waals surface area (Å²) in [6, 6.07) is 8.69. The SMILES string of the molecule is CCc1ccc([C@@H](CNC(=O)CCN2C(=O)[C@H]3CCCC[C@H]3C2=O)[NH+](C)C)cc1. The van der Waals surface area contributed by atoms with E-state index in [1.54, 1.807) is 0 Å². The molecular weight excluding hydrogens is 366 g/mol. The highest BCUT2D eigenvalue weighted by Gasteiger charge is 2.47. The molecule has 6 nitrogen and oxygen atoms in total. The van der Waals surface area contributed by atoms with Crippen LogP contribution in [0.5, 0.6) is 0 Å². The maximum absolute atomic E-state index is 12.5. The fourth-order valence-electron chi connectivity index (χ4n) is 4.61. The normalized spacial score (nSPS) is 22.7. The van der Waals surface area contributed by atoms with Crippen LogP contribution in [0.4, 0.5) is 0 Å². The number of fused-ring (bicyclic) bond motifs is 1. The summed E-state index contributed by atoms with van der Waals surface area (Å²) in [5.41, 5.74) is 2.49. The zero-order valence-corrected chi connectivity index (χ0v) is 17.9. The van der Waals surface area contributed by atoms with Crippen molar-refractivity contribution in [3.05, 3.63) is 35.4 Å². The first kappa shape index (κ1) is 21.5. The Hall–Kier alpha value is -2.21. The van der Waals surface area contributed by atoms with Gasteiger partial charge < -0.3 is 10.2 Å². The maximum atomic E-state index is 12.5. The molecule has 0 bridgehead atoms. The second-order valence-electron chi connectivity index (χ2n) is 8.60. The average Bonchev–Trinajstić information content (AvgIpc) is 2.97. The number of carbonyl (C=O) groups is 3. The number of rotatable bonds is 8. The number of nitrogens with one attached hydrogen (secondary N) is 2. The molecule has 3 amide bonds. The molecule has 2 fully saturated rings. The fourth-order valence-corrected chi connectivity index (χ4v) is 4.61. The van der Waals surface area contributed by atoms with Crippen LogP contribution in [0.25, 0.3) is 0 Å². The van der Waals surface area contributed by atoms with E-state index in [-0.39, 0.29) is 48.6 Å². The predicted molar refractivity (Wildman–Crippen MR) is 111 cm³/mol. The Labute approximate surface area is 173 Å². The van der Waals surface area contributed by atoms with E-state index in [1.165, 1.54) is 20.9 Å². The van der Waals surface area contributed by atoms with E-state index in [0.29, 0.717) is 6.54 Å². The molecule has 0 spiro atoms. The Bertz CT molecular complexity index is 720. The zero-order valence-electron chi connectivity index (χ0n) is 17.9. The van der Waals surface area contributed by atoms with Gasteiger partial charge in [-0.05, 0) is 24.8 Å². The third kappa shape index (κ3) is 4.86. The average molecular weight is 401 g/mol. The molecule has 3 atom stereocenters. The van der Waals surface area contributed by atoms with Gasteiger partial charge in [-0.2, -0.15) is 0 Å². The molecule has 1 saturated heterocycles. The minimum atomic E-state index is -0.146. The molecule has 1 aromatic carbocycles. The molecule has 1 aliphatic heterocycles. The summed E-state index contributed by atoms with van der Waals surface area (Å²) >= 11 is 0. The van der Waals surface area contributed by atoms with E-state index >= 15 is 0 Å². The van der Waals surface area contributed by atoms with Crippen LogP contribution in [-0.2, 0) is 20.8 Å². The summed E-state index contributed by atoms with van der Waals surface area (Å²) in [7, 11) is 4.15. The van der Waals surface area contributed by atoms with E-state index in [9.17, 15) is 14.4 Å². The van der Waals surface area contributed by atoms with Crippen LogP contribution in [0.15, 0.2) is 24.3 Å². The van der Waals surface area contributed by atoms with Crippen LogP contribution < -0.4 is 10.2 Å². The van der Waals surface area contributed by atoms with E-state index in [0.717, 1.165) is 32.1 Å². The van der Waals surface area contributed by atoms with E-state index in [4.69, 9.17) is 0 Å². The molecule has 0 unspecified atom stereocenters. The number of imide groups is 1. The fraction of sp³-hybridized carbons (Fsp3) is 0.609. The standard InChI is InChI=1S/C23H33N3O3/c1-4-16-9-11-17(12-10-16)20(25(2)3)15-24-21(27)13-14-26-22(28)18-7-5-6-8-19(18)23(26)29/h9-12,18-20H,4-8,13-15H2,1-3H3,(H,24,27)/p+1/t18-,19+,20-/m1/s1. The molecule has 0 aromatic heterocycles. The molecule has 158 valence electrons. The first-order chi connectivity index (χ1) is 13.9.